The van der Waals surface area contributed by atoms with E-state index in [0.717, 1.165) is 6.54 Å². The Balaban J connectivity index is 2.09. The van der Waals surface area contributed by atoms with E-state index in [0.29, 0.717) is 18.0 Å². The Morgan fingerprint density at radius 3 is 2.35 bits per heavy atom. The summed E-state index contributed by atoms with van der Waals surface area (Å²) in [6.07, 6.45) is 4.05. The van der Waals surface area contributed by atoms with E-state index in [-0.39, 0.29) is 0 Å². The molecule has 2 unspecified atom stereocenters. The van der Waals surface area contributed by atoms with Crippen molar-refractivity contribution < 1.29 is 0 Å². The van der Waals surface area contributed by atoms with Gasteiger partial charge in [0.25, 0.3) is 0 Å². The van der Waals surface area contributed by atoms with Gasteiger partial charge in [-0.25, -0.2) is 0 Å². The summed E-state index contributed by atoms with van der Waals surface area (Å²) in [5.74, 6) is 0.617. The van der Waals surface area contributed by atoms with Crippen LogP contribution in [0.2, 0.25) is 0 Å². The van der Waals surface area contributed by atoms with Crippen molar-refractivity contribution in [3.05, 3.63) is 35.4 Å². The fourth-order valence-corrected chi connectivity index (χ4v) is 3.34. The van der Waals surface area contributed by atoms with Crippen LogP contribution in [0, 0.1) is 0 Å². The van der Waals surface area contributed by atoms with Gasteiger partial charge in [-0.1, -0.05) is 44.5 Å². The molecule has 0 saturated carbocycles. The average molecular weight is 274 g/mol. The molecular formula is C18H30N2. The topological polar surface area (TPSA) is 15.3 Å². The van der Waals surface area contributed by atoms with Gasteiger partial charge in [0.2, 0.25) is 0 Å². The summed E-state index contributed by atoms with van der Waals surface area (Å²) in [5, 5.41) is 3.36. The fourth-order valence-electron chi connectivity index (χ4n) is 3.34. The van der Waals surface area contributed by atoms with Crippen molar-refractivity contribution >= 4 is 0 Å². The van der Waals surface area contributed by atoms with E-state index < -0.39 is 0 Å². The first-order chi connectivity index (χ1) is 9.63. The number of piperidine rings is 1. The zero-order chi connectivity index (χ0) is 14.5. The Morgan fingerprint density at radius 1 is 1.10 bits per heavy atom. The van der Waals surface area contributed by atoms with Gasteiger partial charge in [-0.15, -0.1) is 0 Å². The summed E-state index contributed by atoms with van der Waals surface area (Å²) in [7, 11) is 2.06. The second-order valence-corrected chi connectivity index (χ2v) is 6.44. The Hall–Kier alpha value is -0.860. The molecule has 1 N–H and O–H groups in total. The van der Waals surface area contributed by atoms with Gasteiger partial charge < -0.3 is 5.32 Å². The van der Waals surface area contributed by atoms with Gasteiger partial charge >= 0.3 is 0 Å². The highest BCUT2D eigenvalue weighted by Gasteiger charge is 2.26. The van der Waals surface area contributed by atoms with Crippen LogP contribution in [-0.2, 0) is 0 Å². The Morgan fingerprint density at radius 2 is 1.75 bits per heavy atom. The highest BCUT2D eigenvalue weighted by molar-refractivity contribution is 5.26. The minimum Gasteiger partial charge on any atom is -0.318 e. The molecule has 112 valence electrons. The third-order valence-electron chi connectivity index (χ3n) is 4.70. The van der Waals surface area contributed by atoms with Crippen LogP contribution in [0.25, 0.3) is 0 Å². The van der Waals surface area contributed by atoms with E-state index >= 15 is 0 Å². The largest absolute Gasteiger partial charge is 0.318 e. The van der Waals surface area contributed by atoms with Crippen LogP contribution in [0.3, 0.4) is 0 Å². The third kappa shape index (κ3) is 3.62. The van der Waals surface area contributed by atoms with Crippen molar-refractivity contribution in [3.8, 4) is 0 Å². The van der Waals surface area contributed by atoms with Gasteiger partial charge in [0.1, 0.15) is 0 Å². The highest BCUT2D eigenvalue weighted by Crippen LogP contribution is 2.29. The lowest BCUT2D eigenvalue weighted by Gasteiger charge is -2.40. The summed E-state index contributed by atoms with van der Waals surface area (Å²) < 4.78 is 0. The molecule has 1 aromatic rings. The molecule has 2 nitrogen and oxygen atoms in total. The van der Waals surface area contributed by atoms with Crippen LogP contribution in [0.1, 0.15) is 63.1 Å². The maximum atomic E-state index is 3.36. The lowest BCUT2D eigenvalue weighted by molar-refractivity contribution is 0.103. The predicted octanol–water partition coefficient (Wildman–Crippen LogP) is 3.94. The SMILES string of the molecule is CNCC1CCCCN1C(C)c1ccc(C(C)C)cc1. The van der Waals surface area contributed by atoms with Crippen LogP contribution in [0.4, 0.5) is 0 Å². The molecule has 2 atom stereocenters. The molecule has 2 rings (SSSR count). The lowest BCUT2D eigenvalue weighted by atomic mass is 9.95. The molecule has 1 aromatic carbocycles. The van der Waals surface area contributed by atoms with Gasteiger partial charge in [0, 0.05) is 18.6 Å². The number of rotatable bonds is 5. The average Bonchev–Trinajstić information content (AvgIpc) is 2.47. The van der Waals surface area contributed by atoms with E-state index in [9.17, 15) is 0 Å². The Kier molecular flexibility index (Phi) is 5.62. The fraction of sp³-hybridized carbons (Fsp3) is 0.667. The molecule has 0 aliphatic carbocycles. The smallest absolute Gasteiger partial charge is 0.0323 e. The van der Waals surface area contributed by atoms with Crippen molar-refractivity contribution in [2.24, 2.45) is 0 Å². The minimum atomic E-state index is 0.523. The minimum absolute atomic E-state index is 0.523. The first-order valence-electron chi connectivity index (χ1n) is 8.13. The molecule has 0 radical (unpaired) electrons. The van der Waals surface area contributed by atoms with Crippen LogP contribution in [0.5, 0.6) is 0 Å². The zero-order valence-corrected chi connectivity index (χ0v) is 13.5. The first-order valence-corrected chi connectivity index (χ1v) is 8.13. The molecule has 0 aromatic heterocycles. The van der Waals surface area contributed by atoms with E-state index in [2.05, 4.69) is 62.3 Å². The number of hydrogen-bond acceptors (Lipinski definition) is 2. The van der Waals surface area contributed by atoms with Gasteiger partial charge in [-0.3, -0.25) is 4.90 Å². The van der Waals surface area contributed by atoms with Gasteiger partial charge in [-0.2, -0.15) is 0 Å². The molecule has 0 spiro atoms. The lowest BCUT2D eigenvalue weighted by Crippen LogP contribution is -2.45. The quantitative estimate of drug-likeness (QED) is 0.874. The van der Waals surface area contributed by atoms with Gasteiger partial charge in [-0.05, 0) is 50.4 Å². The molecule has 1 saturated heterocycles. The van der Waals surface area contributed by atoms with Crippen molar-refractivity contribution in [2.45, 2.75) is 58.0 Å². The number of likely N-dealkylation sites (N-methyl/N-ethyl adjacent to an activating group) is 1. The zero-order valence-electron chi connectivity index (χ0n) is 13.5. The van der Waals surface area contributed by atoms with Crippen LogP contribution < -0.4 is 5.32 Å². The van der Waals surface area contributed by atoms with Crippen molar-refractivity contribution in [3.63, 3.8) is 0 Å². The molecule has 1 fully saturated rings. The molecule has 20 heavy (non-hydrogen) atoms. The van der Waals surface area contributed by atoms with Crippen molar-refractivity contribution in [1.82, 2.24) is 10.2 Å². The maximum absolute atomic E-state index is 3.36. The Labute approximate surface area is 124 Å². The van der Waals surface area contributed by atoms with Crippen molar-refractivity contribution in [2.75, 3.05) is 20.1 Å². The standard InChI is InChI=1S/C18H30N2/c1-14(2)16-8-10-17(11-9-16)15(3)20-12-6-5-7-18(20)13-19-4/h8-11,14-15,18-19H,5-7,12-13H2,1-4H3. The van der Waals surface area contributed by atoms with Crippen LogP contribution >= 0.6 is 0 Å². The molecule has 0 amide bonds. The number of hydrogen-bond donors (Lipinski definition) is 1. The Bertz CT molecular complexity index is 394. The summed E-state index contributed by atoms with van der Waals surface area (Å²) in [4.78, 5) is 2.68. The molecule has 1 aliphatic rings. The summed E-state index contributed by atoms with van der Waals surface area (Å²) in [6.45, 7) is 9.21. The predicted molar refractivity (Wildman–Crippen MR) is 87.2 cm³/mol. The number of nitrogens with one attached hydrogen (secondary N) is 1. The molecule has 1 heterocycles. The number of benzene rings is 1. The van der Waals surface area contributed by atoms with Crippen LogP contribution in [-0.4, -0.2) is 31.1 Å². The first kappa shape index (κ1) is 15.5. The monoisotopic (exact) mass is 274 g/mol. The maximum Gasteiger partial charge on any atom is 0.0323 e. The highest BCUT2D eigenvalue weighted by atomic mass is 15.2. The summed E-state index contributed by atoms with van der Waals surface area (Å²) >= 11 is 0. The summed E-state index contributed by atoms with van der Waals surface area (Å²) in [6, 6.07) is 10.5. The molecular weight excluding hydrogens is 244 g/mol. The molecule has 2 heteroatoms. The second kappa shape index (κ2) is 7.24. The van der Waals surface area contributed by atoms with Crippen LogP contribution in [0.15, 0.2) is 24.3 Å². The number of nitrogens with zero attached hydrogens (tertiary/aromatic N) is 1. The van der Waals surface area contributed by atoms with E-state index in [1.54, 1.807) is 0 Å². The van der Waals surface area contributed by atoms with E-state index in [4.69, 9.17) is 0 Å². The molecule has 0 bridgehead atoms. The molecule has 1 aliphatic heterocycles. The van der Waals surface area contributed by atoms with Gasteiger partial charge in [0.15, 0.2) is 0 Å². The normalized spacial score (nSPS) is 22.1. The second-order valence-electron chi connectivity index (χ2n) is 6.44. The van der Waals surface area contributed by atoms with Crippen molar-refractivity contribution in [1.29, 1.82) is 0 Å². The van der Waals surface area contributed by atoms with E-state index in [1.807, 2.05) is 0 Å². The number of likely N-dealkylation sites (tertiary alicyclic amines) is 1. The summed E-state index contributed by atoms with van der Waals surface area (Å²) in [5.41, 5.74) is 2.89. The van der Waals surface area contributed by atoms with Gasteiger partial charge in [0.05, 0.1) is 0 Å². The third-order valence-corrected chi connectivity index (χ3v) is 4.70. The van der Waals surface area contributed by atoms with E-state index in [1.165, 1.54) is 36.9 Å².